The summed E-state index contributed by atoms with van der Waals surface area (Å²) < 4.78 is 26.6. The third-order valence-electron chi connectivity index (χ3n) is 3.31. The van der Waals surface area contributed by atoms with Crippen LogP contribution < -0.4 is 0 Å². The lowest BCUT2D eigenvalue weighted by Crippen LogP contribution is -2.37. The Bertz CT molecular complexity index is 451. The summed E-state index contributed by atoms with van der Waals surface area (Å²) in [6, 6.07) is 2.94. The van der Waals surface area contributed by atoms with Gasteiger partial charge in [0.2, 0.25) is 0 Å². The van der Waals surface area contributed by atoms with Gasteiger partial charge in [0.1, 0.15) is 11.6 Å². The van der Waals surface area contributed by atoms with Crippen molar-refractivity contribution in [2.24, 2.45) is 0 Å². The monoisotopic (exact) mass is 271 g/mol. The highest BCUT2D eigenvalue weighted by atomic mass is 19.1. The van der Waals surface area contributed by atoms with E-state index in [2.05, 4.69) is 0 Å². The normalized spacial score (nSPS) is 14.4. The lowest BCUT2D eigenvalue weighted by Gasteiger charge is -2.33. The number of aliphatic carboxylic acids is 1. The third kappa shape index (κ3) is 3.99. The van der Waals surface area contributed by atoms with Crippen LogP contribution in [0.5, 0.6) is 0 Å². The van der Waals surface area contributed by atoms with Crippen LogP contribution in [0.4, 0.5) is 8.78 Å². The van der Waals surface area contributed by atoms with Crippen LogP contribution in [0.15, 0.2) is 18.2 Å². The molecule has 0 saturated carbocycles. The molecule has 1 rings (SSSR count). The topological polar surface area (TPSA) is 40.5 Å². The number of rotatable bonds is 6. The van der Waals surface area contributed by atoms with Crippen molar-refractivity contribution in [3.8, 4) is 0 Å². The third-order valence-corrected chi connectivity index (χ3v) is 3.31. The number of hydrogen-bond donors (Lipinski definition) is 1. The number of carboxylic acids is 1. The molecule has 0 fully saturated rings. The van der Waals surface area contributed by atoms with E-state index >= 15 is 0 Å². The summed E-state index contributed by atoms with van der Waals surface area (Å²) in [6.07, 6.45) is -0.0129. The first-order valence-electron chi connectivity index (χ1n) is 6.29. The van der Waals surface area contributed by atoms with Crippen molar-refractivity contribution in [3.05, 3.63) is 35.4 Å². The van der Waals surface area contributed by atoms with E-state index in [-0.39, 0.29) is 18.5 Å². The van der Waals surface area contributed by atoms with Crippen molar-refractivity contribution in [3.63, 3.8) is 0 Å². The zero-order chi connectivity index (χ0) is 14.6. The fourth-order valence-corrected chi connectivity index (χ4v) is 2.36. The lowest BCUT2D eigenvalue weighted by molar-refractivity contribution is -0.138. The molecule has 0 aliphatic heterocycles. The molecule has 0 spiro atoms. The van der Waals surface area contributed by atoms with E-state index in [1.54, 1.807) is 13.8 Å². The largest absolute Gasteiger partial charge is 0.481 e. The SMILES string of the molecule is CCN(C(C)CC(=O)O)C(C)c1ccc(F)cc1F. The summed E-state index contributed by atoms with van der Waals surface area (Å²) >= 11 is 0. The second kappa shape index (κ2) is 6.61. The molecule has 0 saturated heterocycles. The molecule has 0 amide bonds. The van der Waals surface area contributed by atoms with Crippen LogP contribution in [0, 0.1) is 11.6 Å². The summed E-state index contributed by atoms with van der Waals surface area (Å²) in [6.45, 7) is 6.05. The maximum atomic E-state index is 13.7. The molecule has 1 N–H and O–H groups in total. The van der Waals surface area contributed by atoms with Gasteiger partial charge in [0.05, 0.1) is 6.42 Å². The predicted molar refractivity (Wildman–Crippen MR) is 68.9 cm³/mol. The van der Waals surface area contributed by atoms with Crippen LogP contribution >= 0.6 is 0 Å². The zero-order valence-corrected chi connectivity index (χ0v) is 11.4. The molecule has 5 heteroatoms. The highest BCUT2D eigenvalue weighted by molar-refractivity contribution is 5.67. The van der Waals surface area contributed by atoms with Crippen molar-refractivity contribution in [2.45, 2.75) is 39.3 Å². The summed E-state index contributed by atoms with van der Waals surface area (Å²) in [5.41, 5.74) is 0.375. The average molecular weight is 271 g/mol. The second-order valence-electron chi connectivity index (χ2n) is 4.62. The fourth-order valence-electron chi connectivity index (χ4n) is 2.36. The van der Waals surface area contributed by atoms with Gasteiger partial charge in [-0.2, -0.15) is 0 Å². The van der Waals surface area contributed by atoms with E-state index in [4.69, 9.17) is 5.11 Å². The zero-order valence-electron chi connectivity index (χ0n) is 11.4. The molecule has 1 aromatic rings. The van der Waals surface area contributed by atoms with Crippen molar-refractivity contribution in [1.82, 2.24) is 4.90 Å². The molecular weight excluding hydrogens is 252 g/mol. The summed E-state index contributed by atoms with van der Waals surface area (Å²) in [5, 5.41) is 8.82. The molecule has 19 heavy (non-hydrogen) atoms. The van der Waals surface area contributed by atoms with Gasteiger partial charge in [-0.3, -0.25) is 9.69 Å². The maximum Gasteiger partial charge on any atom is 0.304 e. The number of benzene rings is 1. The van der Waals surface area contributed by atoms with Gasteiger partial charge < -0.3 is 5.11 Å². The molecule has 106 valence electrons. The molecule has 0 aliphatic rings. The molecule has 0 aromatic heterocycles. The van der Waals surface area contributed by atoms with Gasteiger partial charge in [-0.15, -0.1) is 0 Å². The Morgan fingerprint density at radius 2 is 2.00 bits per heavy atom. The van der Waals surface area contributed by atoms with E-state index in [0.717, 1.165) is 6.07 Å². The van der Waals surface area contributed by atoms with Crippen molar-refractivity contribution in [1.29, 1.82) is 0 Å². The Hall–Kier alpha value is -1.49. The summed E-state index contributed by atoms with van der Waals surface area (Å²) in [4.78, 5) is 12.6. The molecule has 1 aromatic carbocycles. The van der Waals surface area contributed by atoms with Gasteiger partial charge in [0, 0.05) is 23.7 Å². The van der Waals surface area contributed by atoms with Crippen molar-refractivity contribution < 1.29 is 18.7 Å². The number of nitrogens with zero attached hydrogens (tertiary/aromatic N) is 1. The highest BCUT2D eigenvalue weighted by Crippen LogP contribution is 2.26. The number of hydrogen-bond acceptors (Lipinski definition) is 2. The molecule has 0 radical (unpaired) electrons. The lowest BCUT2D eigenvalue weighted by atomic mass is 10.0. The Morgan fingerprint density at radius 3 is 2.47 bits per heavy atom. The molecule has 3 nitrogen and oxygen atoms in total. The van der Waals surface area contributed by atoms with Crippen LogP contribution in [0.1, 0.15) is 38.8 Å². The van der Waals surface area contributed by atoms with Crippen LogP contribution in [0.3, 0.4) is 0 Å². The summed E-state index contributed by atoms with van der Waals surface area (Å²) in [5.74, 6) is -2.11. The smallest absolute Gasteiger partial charge is 0.304 e. The predicted octanol–water partition coefficient (Wildman–Crippen LogP) is 3.21. The minimum absolute atomic E-state index is 0.0129. The van der Waals surface area contributed by atoms with Crippen LogP contribution in [0.25, 0.3) is 0 Å². The summed E-state index contributed by atoms with van der Waals surface area (Å²) in [7, 11) is 0. The van der Waals surface area contributed by atoms with E-state index < -0.39 is 17.6 Å². The standard InChI is InChI=1S/C14H19F2NO2/c1-4-17(9(2)7-14(18)19)10(3)12-6-5-11(15)8-13(12)16/h5-6,8-10H,4,7H2,1-3H3,(H,18,19). The average Bonchev–Trinajstić information content (AvgIpc) is 2.28. The molecule has 0 heterocycles. The molecule has 0 bridgehead atoms. The van der Waals surface area contributed by atoms with Gasteiger partial charge in [0.15, 0.2) is 0 Å². The quantitative estimate of drug-likeness (QED) is 0.863. The van der Waals surface area contributed by atoms with Gasteiger partial charge in [-0.25, -0.2) is 8.78 Å². The Balaban J connectivity index is 2.94. The number of carbonyl (C=O) groups is 1. The van der Waals surface area contributed by atoms with E-state index in [9.17, 15) is 13.6 Å². The first-order chi connectivity index (χ1) is 8.86. The van der Waals surface area contributed by atoms with Crippen molar-refractivity contribution >= 4 is 5.97 Å². The minimum Gasteiger partial charge on any atom is -0.481 e. The van der Waals surface area contributed by atoms with Crippen LogP contribution in [-0.2, 0) is 4.79 Å². The second-order valence-corrected chi connectivity index (χ2v) is 4.62. The molecule has 0 aliphatic carbocycles. The van der Waals surface area contributed by atoms with Gasteiger partial charge in [0.25, 0.3) is 0 Å². The van der Waals surface area contributed by atoms with Crippen LogP contribution in [0.2, 0.25) is 0 Å². The number of carboxylic acid groups (broad SMARTS) is 1. The van der Waals surface area contributed by atoms with E-state index in [0.29, 0.717) is 12.1 Å². The molecule has 2 atom stereocenters. The van der Waals surface area contributed by atoms with Gasteiger partial charge in [-0.05, 0) is 26.5 Å². The highest BCUT2D eigenvalue weighted by Gasteiger charge is 2.23. The Morgan fingerprint density at radius 1 is 1.37 bits per heavy atom. The van der Waals surface area contributed by atoms with Gasteiger partial charge in [-0.1, -0.05) is 13.0 Å². The first kappa shape index (κ1) is 15.6. The molecular formula is C14H19F2NO2. The van der Waals surface area contributed by atoms with Crippen LogP contribution in [-0.4, -0.2) is 28.6 Å². The first-order valence-corrected chi connectivity index (χ1v) is 6.29. The minimum atomic E-state index is -0.891. The van der Waals surface area contributed by atoms with Crippen molar-refractivity contribution in [2.75, 3.05) is 6.54 Å². The van der Waals surface area contributed by atoms with E-state index in [1.165, 1.54) is 12.1 Å². The fraction of sp³-hybridized carbons (Fsp3) is 0.500. The Kier molecular flexibility index (Phi) is 5.42. The van der Waals surface area contributed by atoms with Gasteiger partial charge >= 0.3 is 5.97 Å². The molecule has 2 unspecified atom stereocenters. The number of halogens is 2. The Labute approximate surface area is 111 Å². The maximum absolute atomic E-state index is 13.7. The van der Waals surface area contributed by atoms with E-state index in [1.807, 2.05) is 11.8 Å².